The van der Waals surface area contributed by atoms with Gasteiger partial charge in [0.05, 0.1) is 48.8 Å². The van der Waals surface area contributed by atoms with Crippen LogP contribution >= 0.6 is 11.3 Å². The number of unbranched alkanes of at least 4 members (excludes halogenated alkanes) is 10. The number of anilines is 2. The molecule has 2 fully saturated rings. The minimum atomic E-state index is -4.09. The van der Waals surface area contributed by atoms with E-state index in [2.05, 4.69) is 36.3 Å². The lowest BCUT2D eigenvalue weighted by Crippen LogP contribution is -2.51. The highest BCUT2D eigenvalue weighted by atomic mass is 32.2. The van der Waals surface area contributed by atoms with Gasteiger partial charge in [-0.2, -0.15) is 4.31 Å². The number of hydrogen-bond acceptors (Lipinski definition) is 12. The molecule has 17 heteroatoms. The zero-order valence-electron chi connectivity index (χ0n) is 48.1. The molecule has 1 unspecified atom stereocenters. The Morgan fingerprint density at radius 1 is 0.886 bits per heavy atom. The Labute approximate surface area is 474 Å². The second kappa shape index (κ2) is 28.1. The molecule has 1 aromatic heterocycles. The van der Waals surface area contributed by atoms with Crippen molar-refractivity contribution in [1.82, 2.24) is 9.62 Å². The second-order valence-corrected chi connectivity index (χ2v) is 26.6. The molecule has 15 nitrogen and oxygen atoms in total. The summed E-state index contributed by atoms with van der Waals surface area (Å²) >= 11 is 1.55. The zero-order chi connectivity index (χ0) is 56.9. The van der Waals surface area contributed by atoms with Gasteiger partial charge in [0, 0.05) is 54.2 Å². The lowest BCUT2D eigenvalue weighted by Gasteiger charge is -2.31. The largest absolute Gasteiger partial charge is 0.497 e. The third-order valence-corrected chi connectivity index (χ3v) is 19.2. The first-order valence-electron chi connectivity index (χ1n) is 28.9. The summed E-state index contributed by atoms with van der Waals surface area (Å²) in [5.74, 6) is -1.59. The molecule has 1 aliphatic carbocycles. The SMILES string of the molecule is CCCCCCCCCCCCCC(=O)Nc1ccc(CN(C)c2ccc(C[C@H](NC(=O)OC3CO[C@@]4(C)OCC[C@@H]34)[C@H](O)CN(CC(C)C)S(=O)(=O)c3ccc(OC)cc3)cc2)c(-c2sc3c(c2C(=O)O)CC(C)(C)CC3)c1. The molecule has 0 saturated carbocycles. The van der Waals surface area contributed by atoms with Gasteiger partial charge in [-0.15, -0.1) is 11.3 Å². The highest BCUT2D eigenvalue weighted by Crippen LogP contribution is 2.47. The lowest BCUT2D eigenvalue weighted by molar-refractivity contribution is -0.181. The predicted octanol–water partition coefficient (Wildman–Crippen LogP) is 12.4. The van der Waals surface area contributed by atoms with Crippen molar-refractivity contribution in [1.29, 1.82) is 0 Å². The van der Waals surface area contributed by atoms with Gasteiger partial charge in [0.15, 0.2) is 5.79 Å². The number of aromatic carboxylic acids is 1. The van der Waals surface area contributed by atoms with Crippen molar-refractivity contribution in [2.24, 2.45) is 17.3 Å². The number of rotatable bonds is 30. The Kier molecular flexibility index (Phi) is 21.9. The van der Waals surface area contributed by atoms with Crippen LogP contribution in [0.15, 0.2) is 71.6 Å². The van der Waals surface area contributed by atoms with Gasteiger partial charge in [-0.05, 0) is 128 Å². The Hall–Kier alpha value is -5.04. The number of ether oxygens (including phenoxy) is 4. The first kappa shape index (κ1) is 61.6. The summed E-state index contributed by atoms with van der Waals surface area (Å²) in [5, 5.41) is 28.9. The van der Waals surface area contributed by atoms with Gasteiger partial charge in [-0.3, -0.25) is 4.79 Å². The van der Waals surface area contributed by atoms with Gasteiger partial charge in [0.25, 0.3) is 0 Å². The van der Waals surface area contributed by atoms with E-state index in [1.165, 1.54) is 74.9 Å². The molecular formula is C62H88N4O11S2. The van der Waals surface area contributed by atoms with E-state index in [-0.39, 0.29) is 54.2 Å². The molecule has 3 heterocycles. The van der Waals surface area contributed by atoms with E-state index in [0.717, 1.165) is 64.9 Å². The number of amides is 2. The average molecular weight is 1130 g/mol. The monoisotopic (exact) mass is 1130 g/mol. The number of thiophene rings is 1. The molecule has 3 aromatic carbocycles. The summed E-state index contributed by atoms with van der Waals surface area (Å²) in [7, 11) is -0.619. The van der Waals surface area contributed by atoms with E-state index < -0.39 is 46.1 Å². The second-order valence-electron chi connectivity index (χ2n) is 23.5. The first-order chi connectivity index (χ1) is 37.7. The first-order valence-corrected chi connectivity index (χ1v) is 31.1. The minimum Gasteiger partial charge on any atom is -0.497 e. The van der Waals surface area contributed by atoms with Crippen molar-refractivity contribution >= 4 is 50.7 Å². The number of nitrogens with zero attached hydrogens (tertiary/aromatic N) is 2. The van der Waals surface area contributed by atoms with Crippen LogP contribution in [-0.2, 0) is 54.8 Å². The molecule has 0 bridgehead atoms. The molecule has 4 N–H and O–H groups in total. The maximum atomic E-state index is 14.2. The van der Waals surface area contributed by atoms with Crippen LogP contribution in [0.2, 0.25) is 0 Å². The van der Waals surface area contributed by atoms with Crippen LogP contribution < -0.4 is 20.3 Å². The molecule has 4 aromatic rings. The number of carbonyl (C=O) groups is 3. The molecule has 7 rings (SSSR count). The minimum absolute atomic E-state index is 0.0303. The number of aliphatic hydroxyl groups is 1. The molecule has 0 radical (unpaired) electrons. The van der Waals surface area contributed by atoms with Crippen molar-refractivity contribution in [3.8, 4) is 16.2 Å². The highest BCUT2D eigenvalue weighted by Gasteiger charge is 2.53. The number of sulfonamides is 1. The standard InChI is InChI=1S/C62H88N4O11S2/c1-9-10-11-12-13-14-15-16-17-18-19-20-56(68)63-45-24-23-44(49(36-45)58-57(59(69)70)50-37-61(4,5)33-31-55(50)78-58)39-65(7)46-25-21-43(22-26-46)35-52(64-60(71)77-54-41-76-62(6)51(54)32-34-75-62)53(67)40-66(38-42(2)3)79(72,73)48-29-27-47(74-8)28-30-48/h21-30,36,42,51-54,67H,9-20,31-35,37-41H2,1-8H3,(H,63,68)(H,64,71)(H,69,70)/t51-,52-,53+,54?,62+/m0/s1. The molecular weight excluding hydrogens is 1040 g/mol. The van der Waals surface area contributed by atoms with Crippen LogP contribution in [0.3, 0.4) is 0 Å². The quantitative estimate of drug-likeness (QED) is 0.0362. The fraction of sp³-hybridized carbons (Fsp3) is 0.597. The number of alkyl carbamates (subject to hydrolysis) is 1. The summed E-state index contributed by atoms with van der Waals surface area (Å²) in [6, 6.07) is 18.7. The van der Waals surface area contributed by atoms with E-state index in [9.17, 15) is 33.0 Å². The molecule has 79 heavy (non-hydrogen) atoms. The molecule has 3 aliphatic rings. The lowest BCUT2D eigenvalue weighted by atomic mass is 9.76. The summed E-state index contributed by atoms with van der Waals surface area (Å²) in [6.07, 6.45) is 14.2. The van der Waals surface area contributed by atoms with Crippen LogP contribution in [0.1, 0.15) is 163 Å². The Balaban J connectivity index is 1.08. The number of benzene rings is 3. The summed E-state index contributed by atoms with van der Waals surface area (Å²) < 4.78 is 52.5. The van der Waals surface area contributed by atoms with Gasteiger partial charge in [0.1, 0.15) is 11.9 Å². The van der Waals surface area contributed by atoms with Gasteiger partial charge in [-0.1, -0.05) is 117 Å². The number of aliphatic hydroxyl groups excluding tert-OH is 1. The third-order valence-electron chi connectivity index (χ3n) is 16.0. The number of nitrogens with one attached hydrogen (secondary N) is 2. The zero-order valence-corrected chi connectivity index (χ0v) is 49.7. The molecule has 434 valence electrons. The highest BCUT2D eigenvalue weighted by molar-refractivity contribution is 7.89. The van der Waals surface area contributed by atoms with Crippen LogP contribution in [0.25, 0.3) is 10.4 Å². The third kappa shape index (κ3) is 16.6. The number of hydrogen-bond donors (Lipinski definition) is 4. The molecule has 0 spiro atoms. The smallest absolute Gasteiger partial charge is 0.407 e. The average Bonchev–Trinajstić information content (AvgIpc) is 4.27. The van der Waals surface area contributed by atoms with Crippen LogP contribution in [0.4, 0.5) is 16.2 Å². The number of carbonyl (C=O) groups excluding carboxylic acids is 2. The van der Waals surface area contributed by atoms with Crippen molar-refractivity contribution in [3.63, 3.8) is 0 Å². The topological polar surface area (TPSA) is 193 Å². The maximum absolute atomic E-state index is 14.2. The van der Waals surface area contributed by atoms with Crippen molar-refractivity contribution in [2.75, 3.05) is 50.7 Å². The number of aryl methyl sites for hydroxylation is 1. The van der Waals surface area contributed by atoms with Gasteiger partial charge in [0.2, 0.25) is 15.9 Å². The van der Waals surface area contributed by atoms with Crippen molar-refractivity contribution in [3.05, 3.63) is 93.9 Å². The maximum Gasteiger partial charge on any atom is 0.407 e. The number of fused-ring (bicyclic) bond motifs is 2. The van der Waals surface area contributed by atoms with Crippen molar-refractivity contribution < 1.29 is 52.0 Å². The van der Waals surface area contributed by atoms with E-state index >= 15 is 0 Å². The summed E-state index contributed by atoms with van der Waals surface area (Å²) in [4.78, 5) is 44.3. The fourth-order valence-corrected chi connectivity index (χ4v) is 14.4. The molecule has 2 aliphatic heterocycles. The van der Waals surface area contributed by atoms with Gasteiger partial charge < -0.3 is 44.7 Å². The van der Waals surface area contributed by atoms with Gasteiger partial charge >= 0.3 is 12.1 Å². The fourth-order valence-electron chi connectivity index (χ4n) is 11.4. The van der Waals surface area contributed by atoms with Crippen LogP contribution in [0, 0.1) is 17.3 Å². The van der Waals surface area contributed by atoms with E-state index in [1.54, 1.807) is 23.5 Å². The normalized spacial score (nSPS) is 19.4. The predicted molar refractivity (Wildman–Crippen MR) is 313 cm³/mol. The molecule has 5 atom stereocenters. The number of carboxylic acids is 1. The summed E-state index contributed by atoms with van der Waals surface area (Å²) in [6.45, 7) is 13.1. The number of methoxy groups -OCH3 is 1. The Bertz CT molecular complexity index is 2760. The van der Waals surface area contributed by atoms with Gasteiger partial charge in [-0.25, -0.2) is 18.0 Å². The van der Waals surface area contributed by atoms with E-state index in [1.807, 2.05) is 70.3 Å². The Morgan fingerprint density at radius 2 is 1.56 bits per heavy atom. The van der Waals surface area contributed by atoms with E-state index in [0.29, 0.717) is 54.3 Å². The molecule has 2 amide bonds. The van der Waals surface area contributed by atoms with Crippen LogP contribution in [-0.4, -0.2) is 105 Å². The van der Waals surface area contributed by atoms with Crippen LogP contribution in [0.5, 0.6) is 5.75 Å². The Morgan fingerprint density at radius 3 is 2.20 bits per heavy atom. The van der Waals surface area contributed by atoms with Crippen molar-refractivity contribution in [2.45, 2.75) is 186 Å². The number of carboxylic acid groups (broad SMARTS) is 1. The summed E-state index contributed by atoms with van der Waals surface area (Å²) in [5.41, 5.74) is 5.13. The molecule has 2 saturated heterocycles. The van der Waals surface area contributed by atoms with E-state index in [4.69, 9.17) is 18.9 Å².